The van der Waals surface area contributed by atoms with Crippen molar-refractivity contribution < 1.29 is 0 Å². The lowest BCUT2D eigenvalue weighted by molar-refractivity contribution is 1.01. The van der Waals surface area contributed by atoms with Crippen LogP contribution in [0.15, 0.2) is 59.4 Å². The molecule has 0 amide bonds. The number of hydrogen-bond acceptors (Lipinski definition) is 1. The average molecular weight is 339 g/mol. The Morgan fingerprint density at radius 3 is 2.19 bits per heavy atom. The summed E-state index contributed by atoms with van der Waals surface area (Å²) in [5.74, 6) is 0. The van der Waals surface area contributed by atoms with Gasteiger partial charge >= 0.3 is 0 Å². The summed E-state index contributed by atoms with van der Waals surface area (Å²) in [5, 5.41) is 1.04. The molecule has 2 nitrogen and oxygen atoms in total. The number of aromatic nitrogens is 1. The van der Waals surface area contributed by atoms with Crippen LogP contribution < -0.4 is 5.56 Å². The highest BCUT2D eigenvalue weighted by Crippen LogP contribution is 2.34. The first-order valence-electron chi connectivity index (χ1n) is 6.28. The zero-order chi connectivity index (χ0) is 15.0. The topological polar surface area (TPSA) is 22.0 Å². The van der Waals surface area contributed by atoms with Crippen LogP contribution in [0.4, 0.5) is 0 Å². The van der Waals surface area contributed by atoms with E-state index in [4.69, 9.17) is 34.8 Å². The van der Waals surface area contributed by atoms with E-state index in [-0.39, 0.29) is 11.1 Å². The molecular formula is C16H10Cl3NO. The van der Waals surface area contributed by atoms with Gasteiger partial charge in [-0.1, -0.05) is 71.2 Å². The lowest BCUT2D eigenvalue weighted by Gasteiger charge is -2.15. The number of alkyl halides is 2. The standard InChI is InChI=1S/C16H10Cl3NO/c17-14-11-8-4-5-9-12(11)20(10-6-2-1-3-7-10)16(21)13(14)15(18)19/h1-9,15H. The highest BCUT2D eigenvalue weighted by atomic mass is 35.5. The van der Waals surface area contributed by atoms with Gasteiger partial charge in [0, 0.05) is 11.1 Å². The molecule has 0 unspecified atom stereocenters. The zero-order valence-electron chi connectivity index (χ0n) is 10.8. The summed E-state index contributed by atoms with van der Waals surface area (Å²) in [5.41, 5.74) is 1.35. The quantitative estimate of drug-likeness (QED) is 0.594. The van der Waals surface area contributed by atoms with E-state index in [0.29, 0.717) is 5.02 Å². The SMILES string of the molecule is O=c1c(C(Cl)Cl)c(Cl)c2ccccc2n1-c1ccccc1. The number of halogens is 3. The van der Waals surface area contributed by atoms with Gasteiger partial charge in [0.2, 0.25) is 0 Å². The van der Waals surface area contributed by atoms with Crippen LogP contribution in [0.5, 0.6) is 0 Å². The van der Waals surface area contributed by atoms with Crippen LogP contribution in [0.25, 0.3) is 16.6 Å². The van der Waals surface area contributed by atoms with Crippen molar-refractivity contribution in [1.29, 1.82) is 0 Å². The minimum atomic E-state index is -0.982. The smallest absolute Gasteiger partial charge is 0.263 e. The summed E-state index contributed by atoms with van der Waals surface area (Å²) < 4.78 is 1.58. The Morgan fingerprint density at radius 2 is 1.52 bits per heavy atom. The third kappa shape index (κ3) is 2.44. The number of benzene rings is 2. The lowest BCUT2D eigenvalue weighted by Crippen LogP contribution is -2.23. The summed E-state index contributed by atoms with van der Waals surface area (Å²) >= 11 is 18.2. The maximum atomic E-state index is 12.8. The van der Waals surface area contributed by atoms with Crippen molar-refractivity contribution in [3.63, 3.8) is 0 Å². The predicted molar refractivity (Wildman–Crippen MR) is 89.0 cm³/mol. The molecule has 1 aromatic heterocycles. The molecule has 21 heavy (non-hydrogen) atoms. The third-order valence-corrected chi connectivity index (χ3v) is 4.13. The van der Waals surface area contributed by atoms with E-state index >= 15 is 0 Å². The molecule has 0 aliphatic carbocycles. The molecule has 0 spiro atoms. The van der Waals surface area contributed by atoms with Crippen LogP contribution in [-0.4, -0.2) is 4.57 Å². The van der Waals surface area contributed by atoms with Gasteiger partial charge < -0.3 is 0 Å². The molecule has 0 saturated carbocycles. The molecule has 2 aromatic carbocycles. The maximum Gasteiger partial charge on any atom is 0.263 e. The molecule has 0 N–H and O–H groups in total. The van der Waals surface area contributed by atoms with Crippen LogP contribution in [-0.2, 0) is 0 Å². The van der Waals surface area contributed by atoms with Gasteiger partial charge in [0.05, 0.1) is 16.1 Å². The lowest BCUT2D eigenvalue weighted by atomic mass is 10.1. The van der Waals surface area contributed by atoms with Crippen LogP contribution in [0.1, 0.15) is 10.4 Å². The van der Waals surface area contributed by atoms with Crippen LogP contribution in [0.2, 0.25) is 5.02 Å². The first kappa shape index (κ1) is 14.5. The molecule has 3 rings (SSSR count). The predicted octanol–water partition coefficient (Wildman–Crippen LogP) is 5.12. The zero-order valence-corrected chi connectivity index (χ0v) is 13.0. The van der Waals surface area contributed by atoms with Gasteiger partial charge in [0.25, 0.3) is 5.56 Å². The monoisotopic (exact) mass is 337 g/mol. The van der Waals surface area contributed by atoms with E-state index in [9.17, 15) is 4.79 Å². The van der Waals surface area contributed by atoms with Gasteiger partial charge in [-0.15, -0.1) is 0 Å². The normalized spacial score (nSPS) is 11.2. The van der Waals surface area contributed by atoms with Crippen LogP contribution in [0, 0.1) is 0 Å². The Morgan fingerprint density at radius 1 is 0.905 bits per heavy atom. The molecule has 106 valence electrons. The van der Waals surface area contributed by atoms with E-state index < -0.39 is 4.84 Å². The third-order valence-electron chi connectivity index (χ3n) is 3.28. The molecule has 0 saturated heterocycles. The van der Waals surface area contributed by atoms with Gasteiger partial charge in [-0.3, -0.25) is 9.36 Å². The van der Waals surface area contributed by atoms with Crippen molar-refractivity contribution in [2.24, 2.45) is 0 Å². The number of pyridine rings is 1. The largest absolute Gasteiger partial charge is 0.276 e. The van der Waals surface area contributed by atoms with E-state index in [0.717, 1.165) is 16.6 Å². The number of fused-ring (bicyclic) bond motifs is 1. The minimum Gasteiger partial charge on any atom is -0.276 e. The second-order valence-electron chi connectivity index (χ2n) is 4.52. The molecule has 0 radical (unpaired) electrons. The molecule has 5 heteroatoms. The molecule has 0 bridgehead atoms. The molecule has 0 aliphatic heterocycles. The highest BCUT2D eigenvalue weighted by molar-refractivity contribution is 6.46. The van der Waals surface area contributed by atoms with Gasteiger partial charge in [-0.05, 0) is 18.2 Å². The second-order valence-corrected chi connectivity index (χ2v) is 6.00. The van der Waals surface area contributed by atoms with Crippen molar-refractivity contribution in [2.45, 2.75) is 4.84 Å². The summed E-state index contributed by atoms with van der Waals surface area (Å²) in [4.78, 5) is 11.8. The van der Waals surface area contributed by atoms with Crippen LogP contribution in [0.3, 0.4) is 0 Å². The maximum absolute atomic E-state index is 12.8. The first-order valence-corrected chi connectivity index (χ1v) is 7.53. The number of rotatable bonds is 2. The van der Waals surface area contributed by atoms with Crippen molar-refractivity contribution in [3.05, 3.63) is 75.5 Å². The Labute approximate surface area is 136 Å². The van der Waals surface area contributed by atoms with Crippen molar-refractivity contribution >= 4 is 45.7 Å². The van der Waals surface area contributed by atoms with E-state index in [1.165, 1.54) is 0 Å². The van der Waals surface area contributed by atoms with Crippen molar-refractivity contribution in [2.75, 3.05) is 0 Å². The van der Waals surface area contributed by atoms with Crippen LogP contribution >= 0.6 is 34.8 Å². The number of hydrogen-bond donors (Lipinski definition) is 0. The fourth-order valence-electron chi connectivity index (χ4n) is 2.35. The van der Waals surface area contributed by atoms with E-state index in [1.54, 1.807) is 4.57 Å². The van der Waals surface area contributed by atoms with Gasteiger partial charge in [-0.25, -0.2) is 0 Å². The Balaban J connectivity index is 2.52. The Hall–Kier alpha value is -1.48. The van der Waals surface area contributed by atoms with Gasteiger partial charge in [0.15, 0.2) is 0 Å². The fraction of sp³-hybridized carbons (Fsp3) is 0.0625. The van der Waals surface area contributed by atoms with Crippen molar-refractivity contribution in [1.82, 2.24) is 4.57 Å². The number of nitrogens with zero attached hydrogens (tertiary/aromatic N) is 1. The molecule has 0 atom stereocenters. The summed E-state index contributed by atoms with van der Waals surface area (Å²) in [6.07, 6.45) is 0. The summed E-state index contributed by atoms with van der Waals surface area (Å²) in [7, 11) is 0. The second kappa shape index (κ2) is 5.72. The Kier molecular flexibility index (Phi) is 3.94. The van der Waals surface area contributed by atoms with Gasteiger partial charge in [0.1, 0.15) is 4.84 Å². The summed E-state index contributed by atoms with van der Waals surface area (Å²) in [6, 6.07) is 16.7. The molecular weight excluding hydrogens is 329 g/mol. The minimum absolute atomic E-state index is 0.197. The average Bonchev–Trinajstić information content (AvgIpc) is 2.48. The molecule has 1 heterocycles. The summed E-state index contributed by atoms with van der Waals surface area (Å²) in [6.45, 7) is 0. The molecule has 3 aromatic rings. The van der Waals surface area contributed by atoms with Crippen molar-refractivity contribution in [3.8, 4) is 5.69 Å². The fourth-order valence-corrected chi connectivity index (χ4v) is 3.21. The molecule has 0 fully saturated rings. The first-order chi connectivity index (χ1) is 10.1. The number of para-hydroxylation sites is 2. The Bertz CT molecular complexity index is 857. The van der Waals surface area contributed by atoms with E-state index in [2.05, 4.69) is 0 Å². The van der Waals surface area contributed by atoms with Gasteiger partial charge in [-0.2, -0.15) is 0 Å². The van der Waals surface area contributed by atoms with E-state index in [1.807, 2.05) is 54.6 Å². The molecule has 0 aliphatic rings. The highest BCUT2D eigenvalue weighted by Gasteiger charge is 2.20.